The Morgan fingerprint density at radius 3 is 2.63 bits per heavy atom. The van der Waals surface area contributed by atoms with Crippen molar-refractivity contribution < 1.29 is 4.42 Å². The van der Waals surface area contributed by atoms with E-state index in [0.29, 0.717) is 11.1 Å². The van der Waals surface area contributed by atoms with Crippen molar-refractivity contribution in [1.29, 1.82) is 0 Å². The van der Waals surface area contributed by atoms with Crippen LogP contribution in [0.5, 0.6) is 0 Å². The van der Waals surface area contributed by atoms with Crippen LogP contribution in [0.2, 0.25) is 5.02 Å². The normalized spacial score (nSPS) is 15.2. The minimum atomic E-state index is 0.537. The van der Waals surface area contributed by atoms with Gasteiger partial charge in [0, 0.05) is 67.1 Å². The molecule has 0 N–H and O–H groups in total. The summed E-state index contributed by atoms with van der Waals surface area (Å²) in [6, 6.07) is 11.8. The highest BCUT2D eigenvalue weighted by atomic mass is 35.5. The van der Waals surface area contributed by atoms with Crippen LogP contribution in [0.25, 0.3) is 11.5 Å². The smallest absolute Gasteiger partial charge is 0.276 e. The highest BCUT2D eigenvalue weighted by molar-refractivity contribution is 7.99. The molecule has 0 saturated carbocycles. The van der Waals surface area contributed by atoms with E-state index in [4.69, 9.17) is 16.0 Å². The van der Waals surface area contributed by atoms with Gasteiger partial charge in [-0.25, -0.2) is 0 Å². The molecule has 0 unspecified atom stereocenters. The first kappa shape index (κ1) is 18.3. The summed E-state index contributed by atoms with van der Waals surface area (Å²) < 4.78 is 5.72. The summed E-state index contributed by atoms with van der Waals surface area (Å²) >= 11 is 7.70. The van der Waals surface area contributed by atoms with Crippen molar-refractivity contribution in [2.75, 3.05) is 43.4 Å². The molecule has 0 aliphatic carbocycles. The average molecular weight is 402 g/mol. The molecule has 3 heterocycles. The molecule has 0 amide bonds. The number of piperazine rings is 1. The summed E-state index contributed by atoms with van der Waals surface area (Å²) in [4.78, 5) is 8.85. The number of rotatable bonds is 6. The SMILES string of the molecule is Clc1cccc(N2CCN(CCSc3nnc(-c4ccncc4)o3)CC2)c1. The maximum absolute atomic E-state index is 6.10. The molecule has 1 fully saturated rings. The molecule has 4 rings (SSSR count). The topological polar surface area (TPSA) is 58.3 Å². The predicted octanol–water partition coefficient (Wildman–Crippen LogP) is 3.70. The first-order chi connectivity index (χ1) is 13.3. The van der Waals surface area contributed by atoms with Crippen LogP contribution in [0.3, 0.4) is 0 Å². The summed E-state index contributed by atoms with van der Waals surface area (Å²) in [5.74, 6) is 1.46. The first-order valence-electron chi connectivity index (χ1n) is 8.87. The highest BCUT2D eigenvalue weighted by Crippen LogP contribution is 2.23. The van der Waals surface area contributed by atoms with E-state index in [1.165, 1.54) is 5.69 Å². The van der Waals surface area contributed by atoms with E-state index in [1.54, 1.807) is 24.2 Å². The third-order valence-electron chi connectivity index (χ3n) is 4.51. The standard InChI is InChI=1S/C19H20ClN5OS/c20-16-2-1-3-17(14-16)25-10-8-24(9-11-25)12-13-27-19-23-22-18(26-19)15-4-6-21-7-5-15/h1-7,14H,8-13H2. The molecular formula is C19H20ClN5OS. The Morgan fingerprint density at radius 2 is 1.85 bits per heavy atom. The van der Waals surface area contributed by atoms with Crippen LogP contribution in [0.1, 0.15) is 0 Å². The van der Waals surface area contributed by atoms with Gasteiger partial charge in [-0.15, -0.1) is 10.2 Å². The molecule has 1 aliphatic rings. The third-order valence-corrected chi connectivity index (χ3v) is 5.55. The van der Waals surface area contributed by atoms with Crippen LogP contribution < -0.4 is 4.90 Å². The molecule has 2 aromatic heterocycles. The van der Waals surface area contributed by atoms with Gasteiger partial charge in [0.05, 0.1) is 0 Å². The molecule has 0 atom stereocenters. The van der Waals surface area contributed by atoms with E-state index >= 15 is 0 Å². The Kier molecular flexibility index (Phi) is 5.91. The molecule has 1 aromatic carbocycles. The van der Waals surface area contributed by atoms with Crippen molar-refractivity contribution in [2.24, 2.45) is 0 Å². The summed E-state index contributed by atoms with van der Waals surface area (Å²) in [7, 11) is 0. The Balaban J connectivity index is 1.22. The van der Waals surface area contributed by atoms with Crippen molar-refractivity contribution in [3.8, 4) is 11.5 Å². The van der Waals surface area contributed by atoms with Crippen molar-refractivity contribution in [3.63, 3.8) is 0 Å². The zero-order chi connectivity index (χ0) is 18.5. The first-order valence-corrected chi connectivity index (χ1v) is 10.2. The van der Waals surface area contributed by atoms with Gasteiger partial charge in [0.2, 0.25) is 5.89 Å². The maximum atomic E-state index is 6.10. The lowest BCUT2D eigenvalue weighted by Gasteiger charge is -2.36. The number of halogens is 1. The quantitative estimate of drug-likeness (QED) is 0.583. The summed E-state index contributed by atoms with van der Waals surface area (Å²) in [6.07, 6.45) is 3.44. The third kappa shape index (κ3) is 4.80. The molecule has 0 spiro atoms. The molecular weight excluding hydrogens is 382 g/mol. The fraction of sp³-hybridized carbons (Fsp3) is 0.316. The van der Waals surface area contributed by atoms with Crippen LogP contribution in [0.4, 0.5) is 5.69 Å². The zero-order valence-electron chi connectivity index (χ0n) is 14.8. The Hall–Kier alpha value is -2.09. The lowest BCUT2D eigenvalue weighted by molar-refractivity contribution is 0.273. The van der Waals surface area contributed by atoms with Gasteiger partial charge in [-0.2, -0.15) is 0 Å². The van der Waals surface area contributed by atoms with Gasteiger partial charge in [0.1, 0.15) is 0 Å². The fourth-order valence-electron chi connectivity index (χ4n) is 3.04. The second-order valence-corrected chi connectivity index (χ2v) is 7.75. The minimum Gasteiger partial charge on any atom is -0.411 e. The summed E-state index contributed by atoms with van der Waals surface area (Å²) in [6.45, 7) is 5.11. The molecule has 140 valence electrons. The van der Waals surface area contributed by atoms with Crippen molar-refractivity contribution >= 4 is 29.1 Å². The van der Waals surface area contributed by atoms with Crippen molar-refractivity contribution in [3.05, 3.63) is 53.8 Å². The largest absolute Gasteiger partial charge is 0.411 e. The fourth-order valence-corrected chi connectivity index (χ4v) is 3.99. The Morgan fingerprint density at radius 1 is 1.04 bits per heavy atom. The highest BCUT2D eigenvalue weighted by Gasteiger charge is 2.17. The summed E-state index contributed by atoms with van der Waals surface area (Å²) in [5, 5.41) is 9.63. The predicted molar refractivity (Wildman–Crippen MR) is 108 cm³/mol. The lowest BCUT2D eigenvalue weighted by Crippen LogP contribution is -2.47. The van der Waals surface area contributed by atoms with Crippen molar-refractivity contribution in [1.82, 2.24) is 20.1 Å². The van der Waals surface area contributed by atoms with Crippen molar-refractivity contribution in [2.45, 2.75) is 5.22 Å². The van der Waals surface area contributed by atoms with Crippen LogP contribution in [-0.4, -0.2) is 58.6 Å². The zero-order valence-corrected chi connectivity index (χ0v) is 16.4. The van der Waals surface area contributed by atoms with E-state index in [1.807, 2.05) is 30.3 Å². The van der Waals surface area contributed by atoms with Gasteiger partial charge in [0.15, 0.2) is 0 Å². The number of aromatic nitrogens is 3. The molecule has 1 saturated heterocycles. The number of nitrogens with zero attached hydrogens (tertiary/aromatic N) is 5. The number of pyridine rings is 1. The Bertz CT molecular complexity index is 867. The summed E-state index contributed by atoms with van der Waals surface area (Å²) in [5.41, 5.74) is 2.09. The van der Waals surface area contributed by atoms with Gasteiger partial charge in [0.25, 0.3) is 5.22 Å². The van der Waals surface area contributed by atoms with E-state index in [9.17, 15) is 0 Å². The molecule has 0 radical (unpaired) electrons. The van der Waals surface area contributed by atoms with E-state index in [-0.39, 0.29) is 0 Å². The molecule has 6 nitrogen and oxygen atoms in total. The maximum Gasteiger partial charge on any atom is 0.276 e. The minimum absolute atomic E-state index is 0.537. The Labute approximate surface area is 167 Å². The van der Waals surface area contributed by atoms with Gasteiger partial charge in [-0.3, -0.25) is 9.88 Å². The van der Waals surface area contributed by atoms with Crippen LogP contribution in [0, 0.1) is 0 Å². The number of anilines is 1. The van der Waals surface area contributed by atoms with Crippen LogP contribution >= 0.6 is 23.4 Å². The molecule has 8 heteroatoms. The van der Waals surface area contributed by atoms with E-state index in [2.05, 4.69) is 31.0 Å². The monoisotopic (exact) mass is 401 g/mol. The molecule has 27 heavy (non-hydrogen) atoms. The van der Waals surface area contributed by atoms with E-state index in [0.717, 1.165) is 49.1 Å². The van der Waals surface area contributed by atoms with Gasteiger partial charge >= 0.3 is 0 Å². The van der Waals surface area contributed by atoms with Gasteiger partial charge in [-0.1, -0.05) is 29.4 Å². The number of hydrogen-bond acceptors (Lipinski definition) is 7. The van der Waals surface area contributed by atoms with Gasteiger partial charge < -0.3 is 9.32 Å². The number of thioether (sulfide) groups is 1. The lowest BCUT2D eigenvalue weighted by atomic mass is 10.2. The molecule has 3 aromatic rings. The second-order valence-electron chi connectivity index (χ2n) is 6.27. The number of benzene rings is 1. The molecule has 1 aliphatic heterocycles. The van der Waals surface area contributed by atoms with Gasteiger partial charge in [-0.05, 0) is 30.3 Å². The van der Waals surface area contributed by atoms with Crippen LogP contribution in [-0.2, 0) is 0 Å². The van der Waals surface area contributed by atoms with Crippen LogP contribution in [0.15, 0.2) is 58.4 Å². The second kappa shape index (κ2) is 8.73. The number of hydrogen-bond donors (Lipinski definition) is 0. The average Bonchev–Trinajstić information content (AvgIpc) is 3.18. The molecule has 0 bridgehead atoms. The van der Waals surface area contributed by atoms with E-state index < -0.39 is 0 Å².